The molecule has 0 atom stereocenters. The van der Waals surface area contributed by atoms with Crippen molar-refractivity contribution in [3.8, 4) is 0 Å². The van der Waals surface area contributed by atoms with Crippen LogP contribution in [0.25, 0.3) is 0 Å². The summed E-state index contributed by atoms with van der Waals surface area (Å²) < 4.78 is 25.6. The van der Waals surface area contributed by atoms with Crippen molar-refractivity contribution in [2.24, 2.45) is 4.99 Å². The van der Waals surface area contributed by atoms with Crippen molar-refractivity contribution < 1.29 is 8.42 Å². The van der Waals surface area contributed by atoms with Crippen molar-refractivity contribution in [1.29, 1.82) is 0 Å². The first kappa shape index (κ1) is 21.6. The summed E-state index contributed by atoms with van der Waals surface area (Å²) >= 11 is 6.15. The second-order valence-electron chi connectivity index (χ2n) is 7.35. The zero-order chi connectivity index (χ0) is 20.9. The van der Waals surface area contributed by atoms with Crippen LogP contribution < -0.4 is 15.4 Å². The van der Waals surface area contributed by atoms with Gasteiger partial charge in [-0.2, -0.15) is 0 Å². The van der Waals surface area contributed by atoms with E-state index >= 15 is 0 Å². The smallest absolute Gasteiger partial charge is 0.215 e. The van der Waals surface area contributed by atoms with E-state index in [0.29, 0.717) is 6.54 Å². The Morgan fingerprint density at radius 2 is 1.79 bits per heavy atom. The number of hydrogen-bond acceptors (Lipinski definition) is 3. The Morgan fingerprint density at radius 1 is 1.10 bits per heavy atom. The molecule has 0 heterocycles. The van der Waals surface area contributed by atoms with Crippen LogP contribution in [0, 0.1) is 0 Å². The Labute approximate surface area is 177 Å². The third-order valence-electron chi connectivity index (χ3n) is 5.26. The predicted octanol–water partition coefficient (Wildman–Crippen LogP) is 2.79. The molecule has 1 saturated carbocycles. The van der Waals surface area contributed by atoms with Crippen molar-refractivity contribution in [2.45, 2.75) is 30.6 Å². The SMILES string of the molecule is CN=C(NCc1ccc(CS(=O)(=O)NC)cc1)NCC1(c2cccc(Cl)c2)CC1. The number of nitrogens with zero attached hydrogens (tertiary/aromatic N) is 1. The summed E-state index contributed by atoms with van der Waals surface area (Å²) in [5, 5.41) is 7.49. The minimum absolute atomic E-state index is 0.0218. The summed E-state index contributed by atoms with van der Waals surface area (Å²) in [4.78, 5) is 4.30. The fraction of sp³-hybridized carbons (Fsp3) is 0.381. The molecule has 0 spiro atoms. The van der Waals surface area contributed by atoms with E-state index in [-0.39, 0.29) is 11.2 Å². The van der Waals surface area contributed by atoms with Crippen LogP contribution in [0.15, 0.2) is 53.5 Å². The first-order valence-electron chi connectivity index (χ1n) is 9.55. The number of halogens is 1. The van der Waals surface area contributed by atoms with Crippen molar-refractivity contribution in [1.82, 2.24) is 15.4 Å². The standard InChI is InChI=1S/C21H27ClN4O2S/c1-23-20(26-15-21(10-11-21)18-4-3-5-19(22)12-18)25-13-16-6-8-17(9-7-16)14-29(27,28)24-2/h3-9,12,24H,10-11,13-15H2,1-2H3,(H2,23,25,26). The van der Waals surface area contributed by atoms with Crippen molar-refractivity contribution >= 4 is 27.6 Å². The average molecular weight is 435 g/mol. The van der Waals surface area contributed by atoms with Gasteiger partial charge in [-0.25, -0.2) is 13.1 Å². The zero-order valence-electron chi connectivity index (χ0n) is 16.7. The highest BCUT2D eigenvalue weighted by atomic mass is 35.5. The highest BCUT2D eigenvalue weighted by molar-refractivity contribution is 7.88. The molecule has 2 aromatic carbocycles. The maximum atomic E-state index is 11.6. The average Bonchev–Trinajstić information content (AvgIpc) is 3.50. The lowest BCUT2D eigenvalue weighted by molar-refractivity contribution is 0.587. The van der Waals surface area contributed by atoms with Gasteiger partial charge in [-0.1, -0.05) is 48.0 Å². The van der Waals surface area contributed by atoms with E-state index in [1.165, 1.54) is 12.6 Å². The molecule has 156 valence electrons. The Balaban J connectivity index is 1.52. The third-order valence-corrected chi connectivity index (χ3v) is 6.83. The van der Waals surface area contributed by atoms with Crippen LogP contribution in [-0.2, 0) is 27.7 Å². The summed E-state index contributed by atoms with van der Waals surface area (Å²) in [5.41, 5.74) is 3.19. The lowest BCUT2D eigenvalue weighted by Crippen LogP contribution is -2.40. The van der Waals surface area contributed by atoms with Gasteiger partial charge in [0.25, 0.3) is 0 Å². The molecule has 0 unspecified atom stereocenters. The van der Waals surface area contributed by atoms with Gasteiger partial charge < -0.3 is 10.6 Å². The van der Waals surface area contributed by atoms with Crippen LogP contribution in [0.2, 0.25) is 5.02 Å². The minimum atomic E-state index is -3.26. The molecule has 1 aliphatic rings. The molecular weight excluding hydrogens is 408 g/mol. The molecule has 6 nitrogen and oxygen atoms in total. The molecule has 3 rings (SSSR count). The van der Waals surface area contributed by atoms with Crippen LogP contribution in [-0.4, -0.2) is 35.0 Å². The molecule has 1 aliphatic carbocycles. The first-order valence-corrected chi connectivity index (χ1v) is 11.6. The van der Waals surface area contributed by atoms with Gasteiger partial charge in [0.1, 0.15) is 0 Å². The molecule has 0 aliphatic heterocycles. The molecular formula is C21H27ClN4O2S. The van der Waals surface area contributed by atoms with Crippen LogP contribution in [0.3, 0.4) is 0 Å². The van der Waals surface area contributed by atoms with E-state index in [2.05, 4.69) is 26.4 Å². The van der Waals surface area contributed by atoms with E-state index < -0.39 is 10.0 Å². The molecule has 0 amide bonds. The predicted molar refractivity (Wildman–Crippen MR) is 119 cm³/mol. The maximum absolute atomic E-state index is 11.6. The van der Waals surface area contributed by atoms with Gasteiger partial charge in [-0.15, -0.1) is 0 Å². The Bertz CT molecular complexity index is 970. The number of hydrogen-bond donors (Lipinski definition) is 3. The number of guanidine groups is 1. The van der Waals surface area contributed by atoms with Crippen LogP contribution in [0.4, 0.5) is 0 Å². The highest BCUT2D eigenvalue weighted by Crippen LogP contribution is 2.48. The van der Waals surface area contributed by atoms with Gasteiger partial charge in [0, 0.05) is 30.6 Å². The number of sulfonamides is 1. The van der Waals surface area contributed by atoms with Crippen molar-refractivity contribution in [3.05, 3.63) is 70.2 Å². The molecule has 0 aromatic heterocycles. The van der Waals surface area contributed by atoms with Gasteiger partial charge in [0.05, 0.1) is 5.75 Å². The van der Waals surface area contributed by atoms with E-state index in [1.807, 2.05) is 42.5 Å². The molecule has 0 saturated heterocycles. The van der Waals surface area contributed by atoms with E-state index in [1.54, 1.807) is 7.05 Å². The number of aliphatic imine (C=N–C) groups is 1. The van der Waals surface area contributed by atoms with Crippen molar-refractivity contribution in [2.75, 3.05) is 20.6 Å². The van der Waals surface area contributed by atoms with Gasteiger partial charge >= 0.3 is 0 Å². The quantitative estimate of drug-likeness (QED) is 0.440. The molecule has 8 heteroatoms. The lowest BCUT2D eigenvalue weighted by atomic mass is 9.96. The second-order valence-corrected chi connectivity index (χ2v) is 9.71. The fourth-order valence-electron chi connectivity index (χ4n) is 3.24. The number of nitrogens with one attached hydrogen (secondary N) is 3. The monoisotopic (exact) mass is 434 g/mol. The highest BCUT2D eigenvalue weighted by Gasteiger charge is 2.44. The van der Waals surface area contributed by atoms with Gasteiger partial charge in [-0.3, -0.25) is 4.99 Å². The normalized spacial score (nSPS) is 15.8. The van der Waals surface area contributed by atoms with Gasteiger partial charge in [-0.05, 0) is 48.7 Å². The molecule has 29 heavy (non-hydrogen) atoms. The van der Waals surface area contributed by atoms with Crippen LogP contribution in [0.1, 0.15) is 29.5 Å². The zero-order valence-corrected chi connectivity index (χ0v) is 18.3. The van der Waals surface area contributed by atoms with Crippen molar-refractivity contribution in [3.63, 3.8) is 0 Å². The van der Waals surface area contributed by atoms with Crippen LogP contribution in [0.5, 0.6) is 0 Å². The van der Waals surface area contributed by atoms with E-state index in [0.717, 1.165) is 41.5 Å². The van der Waals surface area contributed by atoms with Gasteiger partial charge in [0.2, 0.25) is 10.0 Å². The van der Waals surface area contributed by atoms with E-state index in [4.69, 9.17) is 11.6 Å². The summed E-state index contributed by atoms with van der Waals surface area (Å²) in [5.74, 6) is 0.714. The molecule has 0 bridgehead atoms. The minimum Gasteiger partial charge on any atom is -0.356 e. The fourth-order valence-corrected chi connectivity index (χ4v) is 4.21. The maximum Gasteiger partial charge on any atom is 0.215 e. The summed E-state index contributed by atoms with van der Waals surface area (Å²) in [7, 11) is -0.0882. The second kappa shape index (κ2) is 9.15. The van der Waals surface area contributed by atoms with E-state index in [9.17, 15) is 8.42 Å². The molecule has 3 N–H and O–H groups in total. The Hall–Kier alpha value is -2.09. The Morgan fingerprint density at radius 3 is 2.38 bits per heavy atom. The summed E-state index contributed by atoms with van der Waals surface area (Å²) in [6.07, 6.45) is 2.27. The third kappa shape index (κ3) is 5.95. The first-order chi connectivity index (χ1) is 13.9. The molecule has 2 aromatic rings. The molecule has 1 fully saturated rings. The van der Waals surface area contributed by atoms with Gasteiger partial charge in [0.15, 0.2) is 5.96 Å². The molecule has 0 radical (unpaired) electrons. The largest absolute Gasteiger partial charge is 0.356 e. The summed E-state index contributed by atoms with van der Waals surface area (Å²) in [6, 6.07) is 15.6. The summed E-state index contributed by atoms with van der Waals surface area (Å²) in [6.45, 7) is 1.40. The number of rotatable bonds is 8. The topological polar surface area (TPSA) is 82.6 Å². The van der Waals surface area contributed by atoms with Crippen LogP contribution >= 0.6 is 11.6 Å². The Kier molecular flexibility index (Phi) is 6.82. The lowest BCUT2D eigenvalue weighted by Gasteiger charge is -2.19. The number of benzene rings is 2.